The van der Waals surface area contributed by atoms with Crippen LogP contribution in [0.2, 0.25) is 10.0 Å². The number of aromatic nitrogens is 1. The first-order valence-electron chi connectivity index (χ1n) is 13.8. The first kappa shape index (κ1) is 36.8. The molecule has 1 aromatic heterocycles. The summed E-state index contributed by atoms with van der Waals surface area (Å²) >= 11 is 14.3. The van der Waals surface area contributed by atoms with E-state index < -0.39 is 23.9 Å². The van der Waals surface area contributed by atoms with Crippen LogP contribution < -0.4 is 10.6 Å². The van der Waals surface area contributed by atoms with Crippen LogP contribution in [0.15, 0.2) is 30.9 Å². The second-order valence-electron chi connectivity index (χ2n) is 9.93. The highest BCUT2D eigenvalue weighted by Crippen LogP contribution is 2.33. The van der Waals surface area contributed by atoms with E-state index in [1.807, 2.05) is 18.2 Å². The largest absolute Gasteiger partial charge is 0.473 e. The molecule has 1 atom stereocenters. The summed E-state index contributed by atoms with van der Waals surface area (Å²) in [6, 6.07) is 6.46. The van der Waals surface area contributed by atoms with E-state index in [1.165, 1.54) is 23.4 Å². The van der Waals surface area contributed by atoms with Gasteiger partial charge in [-0.15, -0.1) is 17.9 Å². The number of aryl methyl sites for hydroxylation is 1. The number of carboxylic acid groups (broad SMARTS) is 4. The molecule has 13 nitrogen and oxygen atoms in total. The Labute approximate surface area is 269 Å². The molecule has 6 N–H and O–H groups in total. The lowest BCUT2D eigenvalue weighted by atomic mass is 9.96. The maximum atomic E-state index is 9.10. The Morgan fingerprint density at radius 3 is 2.20 bits per heavy atom. The monoisotopic (exact) mass is 673 g/mol. The molecule has 0 amide bonds. The quantitative estimate of drug-likeness (QED) is 0.148. The van der Waals surface area contributed by atoms with Crippen LogP contribution in [0.4, 0.5) is 10.8 Å². The molecule has 1 aromatic carbocycles. The Kier molecular flexibility index (Phi) is 15.4. The average molecular weight is 675 g/mol. The van der Waals surface area contributed by atoms with Crippen molar-refractivity contribution in [2.24, 2.45) is 0 Å². The number of unbranched alkanes of at least 4 members (excludes halogenated alkanes) is 1. The second kappa shape index (κ2) is 18.4. The lowest BCUT2D eigenvalue weighted by Gasteiger charge is -2.37. The molecule has 2 aliphatic rings. The van der Waals surface area contributed by atoms with Crippen molar-refractivity contribution in [3.05, 3.63) is 51.5 Å². The van der Waals surface area contributed by atoms with Crippen LogP contribution in [-0.4, -0.2) is 111 Å². The number of thiazole rings is 1. The Hall–Kier alpha value is -3.43. The van der Waals surface area contributed by atoms with Crippen LogP contribution in [0.5, 0.6) is 0 Å². The summed E-state index contributed by atoms with van der Waals surface area (Å²) < 4.78 is 0. The molecule has 2 aromatic rings. The third-order valence-corrected chi connectivity index (χ3v) is 8.75. The molecular weight excluding hydrogens is 637 g/mol. The van der Waals surface area contributed by atoms with E-state index in [-0.39, 0.29) is 0 Å². The zero-order valence-electron chi connectivity index (χ0n) is 24.0. The van der Waals surface area contributed by atoms with Crippen LogP contribution in [0.25, 0.3) is 0 Å². The number of carboxylic acids is 4. The van der Waals surface area contributed by atoms with Gasteiger partial charge in [-0.2, -0.15) is 0 Å². The van der Waals surface area contributed by atoms with Gasteiger partial charge in [0.15, 0.2) is 5.13 Å². The summed E-state index contributed by atoms with van der Waals surface area (Å²) in [5.41, 5.74) is 8.20. The molecule has 0 bridgehead atoms. The standard InChI is InChI=1S/C24H33Cl2N5S.2C2H2O4/c1-2-10-30(18-8-9-20-22(17-18)32-24(27)28-20)12-4-3-11-29-13-15-31(16-14-29)21-7-5-6-19(25)23(21)26;2*3-1(4)2(5)6/h2,5-7,18H,1,3-4,8-17H2,(H2,27,28);2*(H,3,4)(H,5,6). The third-order valence-electron chi connectivity index (χ3n) is 6.99. The number of aliphatic carboxylic acids is 4. The molecule has 2 heterocycles. The van der Waals surface area contributed by atoms with Crippen LogP contribution in [0.1, 0.15) is 29.8 Å². The molecule has 44 heavy (non-hydrogen) atoms. The molecule has 1 aliphatic heterocycles. The number of halogens is 2. The van der Waals surface area contributed by atoms with E-state index in [2.05, 4.69) is 32.3 Å². The SMILES string of the molecule is C=CCN(CCCCN1CCN(c2cccc(Cl)c2Cl)CC1)C1CCc2nc(N)sc2C1.O=C(O)C(=O)O.O=C(O)C(=O)O. The van der Waals surface area contributed by atoms with Gasteiger partial charge in [-0.3, -0.25) is 9.80 Å². The number of benzene rings is 1. The van der Waals surface area contributed by atoms with Crippen molar-refractivity contribution in [2.75, 3.05) is 56.4 Å². The topological polar surface area (TPSA) is 198 Å². The zero-order chi connectivity index (χ0) is 32.8. The maximum absolute atomic E-state index is 9.10. The van der Waals surface area contributed by atoms with Crippen molar-refractivity contribution in [3.8, 4) is 0 Å². The highest BCUT2D eigenvalue weighted by Gasteiger charge is 2.26. The zero-order valence-corrected chi connectivity index (χ0v) is 26.4. The van der Waals surface area contributed by atoms with Crippen molar-refractivity contribution in [1.29, 1.82) is 0 Å². The number of anilines is 2. The smallest absolute Gasteiger partial charge is 0.414 e. The predicted octanol–water partition coefficient (Wildman–Crippen LogP) is 3.29. The molecular formula is C28H37Cl2N5O8S. The summed E-state index contributed by atoms with van der Waals surface area (Å²) in [5, 5.41) is 31.6. The van der Waals surface area contributed by atoms with Crippen molar-refractivity contribution in [1.82, 2.24) is 14.8 Å². The molecule has 1 unspecified atom stereocenters. The molecule has 1 saturated heterocycles. The van der Waals surface area contributed by atoms with Crippen molar-refractivity contribution < 1.29 is 39.6 Å². The molecule has 0 radical (unpaired) electrons. The van der Waals surface area contributed by atoms with Crippen molar-refractivity contribution in [2.45, 2.75) is 38.1 Å². The van der Waals surface area contributed by atoms with Gasteiger partial charge >= 0.3 is 23.9 Å². The number of nitrogen functional groups attached to an aromatic ring is 1. The van der Waals surface area contributed by atoms with Gasteiger partial charge < -0.3 is 31.1 Å². The molecule has 242 valence electrons. The summed E-state index contributed by atoms with van der Waals surface area (Å²) in [5.74, 6) is -7.30. The first-order chi connectivity index (χ1) is 20.8. The number of fused-ring (bicyclic) bond motifs is 1. The van der Waals surface area contributed by atoms with Gasteiger partial charge in [0.2, 0.25) is 0 Å². The number of piperazine rings is 1. The summed E-state index contributed by atoms with van der Waals surface area (Å²) in [7, 11) is 0. The molecule has 16 heteroatoms. The van der Waals surface area contributed by atoms with E-state index in [4.69, 9.17) is 68.5 Å². The molecule has 0 spiro atoms. The maximum Gasteiger partial charge on any atom is 0.414 e. The van der Waals surface area contributed by atoms with E-state index in [1.54, 1.807) is 11.3 Å². The fraction of sp³-hybridized carbons (Fsp3) is 0.464. The van der Waals surface area contributed by atoms with Gasteiger partial charge in [0, 0.05) is 43.6 Å². The Morgan fingerprint density at radius 1 is 1.02 bits per heavy atom. The molecule has 1 fully saturated rings. The average Bonchev–Trinajstić information content (AvgIpc) is 3.36. The van der Waals surface area contributed by atoms with Crippen LogP contribution in [-0.2, 0) is 32.0 Å². The lowest BCUT2D eigenvalue weighted by Crippen LogP contribution is -2.47. The highest BCUT2D eigenvalue weighted by molar-refractivity contribution is 7.15. The number of hydrogen-bond donors (Lipinski definition) is 5. The fourth-order valence-electron chi connectivity index (χ4n) is 4.88. The van der Waals surface area contributed by atoms with Gasteiger partial charge in [-0.05, 0) is 57.3 Å². The Bertz CT molecular complexity index is 1250. The van der Waals surface area contributed by atoms with Crippen LogP contribution in [0, 0.1) is 0 Å². The number of rotatable bonds is 9. The fourth-order valence-corrected chi connectivity index (χ4v) is 6.24. The summed E-state index contributed by atoms with van der Waals surface area (Å²) in [6.07, 6.45) is 7.75. The molecule has 0 saturated carbocycles. The predicted molar refractivity (Wildman–Crippen MR) is 169 cm³/mol. The van der Waals surface area contributed by atoms with Gasteiger partial charge in [0.05, 0.1) is 21.4 Å². The normalized spacial score (nSPS) is 16.1. The van der Waals surface area contributed by atoms with Gasteiger partial charge in [-0.1, -0.05) is 35.3 Å². The molecule has 4 rings (SSSR count). The van der Waals surface area contributed by atoms with Crippen molar-refractivity contribution >= 4 is 69.2 Å². The lowest BCUT2D eigenvalue weighted by molar-refractivity contribution is -0.159. The minimum atomic E-state index is -1.82. The minimum absolute atomic E-state index is 0.575. The highest BCUT2D eigenvalue weighted by atomic mass is 35.5. The first-order valence-corrected chi connectivity index (χ1v) is 15.3. The van der Waals surface area contributed by atoms with E-state index in [0.717, 1.165) is 70.8 Å². The van der Waals surface area contributed by atoms with E-state index >= 15 is 0 Å². The number of nitrogens with two attached hydrogens (primary N) is 1. The van der Waals surface area contributed by atoms with Gasteiger partial charge in [-0.25, -0.2) is 24.2 Å². The van der Waals surface area contributed by atoms with Crippen LogP contribution in [0.3, 0.4) is 0 Å². The van der Waals surface area contributed by atoms with E-state index in [0.29, 0.717) is 21.2 Å². The summed E-state index contributed by atoms with van der Waals surface area (Å²) in [6.45, 7) is 11.3. The van der Waals surface area contributed by atoms with E-state index in [9.17, 15) is 0 Å². The number of carbonyl (C=O) groups is 4. The van der Waals surface area contributed by atoms with Crippen molar-refractivity contribution in [3.63, 3.8) is 0 Å². The molecule has 1 aliphatic carbocycles. The third kappa shape index (κ3) is 11.9. The number of nitrogens with zero attached hydrogens (tertiary/aromatic N) is 4. The minimum Gasteiger partial charge on any atom is -0.473 e. The van der Waals surface area contributed by atoms with Crippen LogP contribution >= 0.6 is 34.5 Å². The summed E-state index contributed by atoms with van der Waals surface area (Å²) in [4.78, 5) is 49.8. The Balaban J connectivity index is 0.000000477. The van der Waals surface area contributed by atoms with Gasteiger partial charge in [0.1, 0.15) is 0 Å². The van der Waals surface area contributed by atoms with Gasteiger partial charge in [0.25, 0.3) is 0 Å². The Morgan fingerprint density at radius 2 is 1.64 bits per heavy atom. The second-order valence-corrected chi connectivity index (χ2v) is 11.8. The number of hydrogen-bond acceptors (Lipinski definition) is 10.